The molecule has 0 amide bonds. The van der Waals surface area contributed by atoms with E-state index in [-0.39, 0.29) is 0 Å². The van der Waals surface area contributed by atoms with E-state index in [0.717, 1.165) is 28.2 Å². The molecule has 0 aliphatic heterocycles. The van der Waals surface area contributed by atoms with Crippen LogP contribution >= 0.6 is 0 Å². The van der Waals surface area contributed by atoms with Crippen molar-refractivity contribution in [2.45, 2.75) is 0 Å². The zero-order chi connectivity index (χ0) is 27.9. The fourth-order valence-corrected chi connectivity index (χ4v) is 5.73. The molecule has 0 bridgehead atoms. The number of nitrogens with zero attached hydrogens (tertiary/aromatic N) is 3. The van der Waals surface area contributed by atoms with Gasteiger partial charge in [-0.15, -0.1) is 0 Å². The highest BCUT2D eigenvalue weighted by molar-refractivity contribution is 6.09. The Morgan fingerprint density at radius 2 is 1.05 bits per heavy atom. The number of hydrogen-bond acceptors (Lipinski definition) is 3. The van der Waals surface area contributed by atoms with Gasteiger partial charge in [-0.05, 0) is 53.6 Å². The van der Waals surface area contributed by atoms with Gasteiger partial charge in [-0.25, -0.2) is 9.97 Å². The molecule has 0 N–H and O–H groups in total. The molecule has 42 heavy (non-hydrogen) atoms. The number of rotatable bonds is 5. The average molecular weight is 540 g/mol. The van der Waals surface area contributed by atoms with E-state index in [1.54, 1.807) is 6.26 Å². The Labute approximate surface area is 243 Å². The second-order valence-corrected chi connectivity index (χ2v) is 10.3. The molecule has 0 saturated heterocycles. The second kappa shape index (κ2) is 10.0. The van der Waals surface area contributed by atoms with Crippen molar-refractivity contribution in [2.24, 2.45) is 0 Å². The maximum atomic E-state index is 5.73. The lowest BCUT2D eigenvalue weighted by molar-refractivity contribution is 0.577. The van der Waals surface area contributed by atoms with Crippen molar-refractivity contribution in [3.05, 3.63) is 152 Å². The average Bonchev–Trinajstić information content (AvgIpc) is 3.72. The topological polar surface area (TPSA) is 43.9 Å². The van der Waals surface area contributed by atoms with Crippen LogP contribution in [0.2, 0.25) is 0 Å². The Morgan fingerprint density at radius 1 is 0.452 bits per heavy atom. The number of aromatic nitrogens is 3. The fraction of sp³-hybridized carbons (Fsp3) is 0. The van der Waals surface area contributed by atoms with E-state index in [1.165, 1.54) is 32.9 Å². The van der Waals surface area contributed by atoms with Gasteiger partial charge in [0.05, 0.1) is 28.7 Å². The lowest BCUT2D eigenvalue weighted by atomic mass is 10.0. The molecule has 3 heterocycles. The molecule has 0 fully saturated rings. The van der Waals surface area contributed by atoms with E-state index >= 15 is 0 Å². The Morgan fingerprint density at radius 3 is 1.74 bits per heavy atom. The third-order valence-corrected chi connectivity index (χ3v) is 7.74. The van der Waals surface area contributed by atoms with Gasteiger partial charge in [0.25, 0.3) is 0 Å². The van der Waals surface area contributed by atoms with Crippen LogP contribution in [0.4, 0.5) is 0 Å². The van der Waals surface area contributed by atoms with Gasteiger partial charge in [-0.3, -0.25) is 0 Å². The van der Waals surface area contributed by atoms with Crippen molar-refractivity contribution in [3.8, 4) is 50.9 Å². The quantitative estimate of drug-likeness (QED) is 0.219. The van der Waals surface area contributed by atoms with Crippen LogP contribution in [0.3, 0.4) is 0 Å². The normalized spacial score (nSPS) is 11.3. The minimum Gasteiger partial charge on any atom is -0.461 e. The molecule has 8 aromatic rings. The minimum atomic E-state index is 0.557. The molecule has 0 aliphatic rings. The van der Waals surface area contributed by atoms with E-state index in [2.05, 4.69) is 132 Å². The molecule has 0 aliphatic carbocycles. The molecule has 4 nitrogen and oxygen atoms in total. The summed E-state index contributed by atoms with van der Waals surface area (Å²) in [5, 5.41) is 2.48. The second-order valence-electron chi connectivity index (χ2n) is 10.3. The van der Waals surface area contributed by atoms with Crippen molar-refractivity contribution in [1.29, 1.82) is 0 Å². The molecule has 0 spiro atoms. The Balaban J connectivity index is 1.27. The van der Waals surface area contributed by atoms with Crippen molar-refractivity contribution in [1.82, 2.24) is 14.5 Å². The summed E-state index contributed by atoms with van der Waals surface area (Å²) in [6.07, 6.45) is 1.66. The molecule has 3 aromatic heterocycles. The van der Waals surface area contributed by atoms with Crippen LogP contribution in [0.15, 0.2) is 156 Å². The molecule has 0 atom stereocenters. The molecule has 5 aromatic carbocycles. The van der Waals surface area contributed by atoms with E-state index in [1.807, 2.05) is 18.2 Å². The lowest BCUT2D eigenvalue weighted by Gasteiger charge is -2.12. The molecule has 4 heteroatoms. The summed E-state index contributed by atoms with van der Waals surface area (Å²) in [6.45, 7) is 0. The molecule has 8 rings (SSSR count). The number of furan rings is 1. The first-order valence-electron chi connectivity index (χ1n) is 14.0. The van der Waals surface area contributed by atoms with Crippen LogP contribution in [-0.2, 0) is 0 Å². The predicted molar refractivity (Wildman–Crippen MR) is 170 cm³/mol. The van der Waals surface area contributed by atoms with Crippen molar-refractivity contribution in [2.75, 3.05) is 0 Å². The van der Waals surface area contributed by atoms with Crippen LogP contribution in [0, 0.1) is 0 Å². The zero-order valence-corrected chi connectivity index (χ0v) is 22.7. The van der Waals surface area contributed by atoms with Gasteiger partial charge in [0.1, 0.15) is 0 Å². The van der Waals surface area contributed by atoms with Crippen molar-refractivity contribution in [3.63, 3.8) is 0 Å². The van der Waals surface area contributed by atoms with E-state index < -0.39 is 0 Å². The third kappa shape index (κ3) is 4.18. The largest absolute Gasteiger partial charge is 0.461 e. The molecular formula is C38H25N3O. The standard InChI is InChI=1S/C38H25N3O/c1-2-10-26(11-3-1)27-19-21-28(22-20-27)33-25-34(40-38(39-33)37-18-9-23-42-37)29-12-8-13-30(24-29)41-35-16-6-4-14-31(35)32-15-5-7-17-36(32)41/h1-25H. The Kier molecular flexibility index (Phi) is 5.75. The summed E-state index contributed by atoms with van der Waals surface area (Å²) in [4.78, 5) is 9.89. The Bertz CT molecular complexity index is 2120. The van der Waals surface area contributed by atoms with Gasteiger partial charge in [0.2, 0.25) is 0 Å². The maximum Gasteiger partial charge on any atom is 0.196 e. The summed E-state index contributed by atoms with van der Waals surface area (Å²) in [6, 6.07) is 50.4. The number of fused-ring (bicyclic) bond motifs is 3. The molecule has 198 valence electrons. The van der Waals surface area contributed by atoms with Crippen LogP contribution in [-0.4, -0.2) is 14.5 Å². The molecule has 0 unspecified atom stereocenters. The van der Waals surface area contributed by atoms with Gasteiger partial charge in [-0.2, -0.15) is 0 Å². The first-order valence-corrected chi connectivity index (χ1v) is 14.0. The summed E-state index contributed by atoms with van der Waals surface area (Å²) in [7, 11) is 0. The first kappa shape index (κ1) is 24.1. The highest BCUT2D eigenvalue weighted by atomic mass is 16.3. The van der Waals surface area contributed by atoms with Crippen LogP contribution in [0.5, 0.6) is 0 Å². The van der Waals surface area contributed by atoms with Crippen LogP contribution < -0.4 is 0 Å². The smallest absolute Gasteiger partial charge is 0.196 e. The monoisotopic (exact) mass is 539 g/mol. The molecule has 0 radical (unpaired) electrons. The van der Waals surface area contributed by atoms with Gasteiger partial charge >= 0.3 is 0 Å². The van der Waals surface area contributed by atoms with Gasteiger partial charge < -0.3 is 8.98 Å². The summed E-state index contributed by atoms with van der Waals surface area (Å²) < 4.78 is 8.05. The zero-order valence-electron chi connectivity index (χ0n) is 22.7. The minimum absolute atomic E-state index is 0.557. The number of benzene rings is 5. The maximum absolute atomic E-state index is 5.73. The van der Waals surface area contributed by atoms with Crippen LogP contribution in [0.1, 0.15) is 0 Å². The van der Waals surface area contributed by atoms with E-state index in [4.69, 9.17) is 14.4 Å². The van der Waals surface area contributed by atoms with Crippen molar-refractivity contribution < 1.29 is 4.42 Å². The van der Waals surface area contributed by atoms with E-state index in [9.17, 15) is 0 Å². The van der Waals surface area contributed by atoms with Gasteiger partial charge in [0.15, 0.2) is 11.6 Å². The molecule has 0 saturated carbocycles. The Hall–Kier alpha value is -5.74. The van der Waals surface area contributed by atoms with Gasteiger partial charge in [-0.1, -0.05) is 103 Å². The lowest BCUT2D eigenvalue weighted by Crippen LogP contribution is -1.97. The highest BCUT2D eigenvalue weighted by Crippen LogP contribution is 2.34. The molecular weight excluding hydrogens is 514 g/mol. The first-order chi connectivity index (χ1) is 20.8. The SMILES string of the molecule is c1ccc(-c2ccc(-c3cc(-c4cccc(-n5c6ccccc6c6ccccc65)c4)nc(-c4ccco4)n3)cc2)cc1. The number of hydrogen-bond donors (Lipinski definition) is 0. The fourth-order valence-electron chi connectivity index (χ4n) is 5.73. The summed E-state index contributed by atoms with van der Waals surface area (Å²) >= 11 is 0. The summed E-state index contributed by atoms with van der Waals surface area (Å²) in [5.41, 5.74) is 9.48. The van der Waals surface area contributed by atoms with E-state index in [0.29, 0.717) is 11.6 Å². The van der Waals surface area contributed by atoms with Crippen LogP contribution in [0.25, 0.3) is 72.7 Å². The summed E-state index contributed by atoms with van der Waals surface area (Å²) in [5.74, 6) is 1.19. The van der Waals surface area contributed by atoms with Crippen molar-refractivity contribution >= 4 is 21.8 Å². The third-order valence-electron chi connectivity index (χ3n) is 7.74. The predicted octanol–water partition coefficient (Wildman–Crippen LogP) is 9.83. The number of para-hydroxylation sites is 2. The van der Waals surface area contributed by atoms with Gasteiger partial charge in [0, 0.05) is 27.6 Å². The highest BCUT2D eigenvalue weighted by Gasteiger charge is 2.15.